The van der Waals surface area contributed by atoms with Gasteiger partial charge in [0, 0.05) is 24.8 Å². The summed E-state index contributed by atoms with van der Waals surface area (Å²) in [7, 11) is 0. The van der Waals surface area contributed by atoms with Crippen LogP contribution in [0.15, 0.2) is 0 Å². The van der Waals surface area contributed by atoms with E-state index in [4.69, 9.17) is 4.74 Å². The lowest BCUT2D eigenvalue weighted by Gasteiger charge is -2.34. The average molecular weight is 242 g/mol. The van der Waals surface area contributed by atoms with Gasteiger partial charge in [-0.25, -0.2) is 0 Å². The molecule has 0 atom stereocenters. The van der Waals surface area contributed by atoms with E-state index >= 15 is 0 Å². The van der Waals surface area contributed by atoms with Gasteiger partial charge in [0.15, 0.2) is 0 Å². The number of hydrogen-bond acceptors (Lipinski definition) is 3. The van der Waals surface area contributed by atoms with Gasteiger partial charge < -0.3 is 15.4 Å². The smallest absolute Gasteiger partial charge is 0.234 e. The van der Waals surface area contributed by atoms with Gasteiger partial charge in [0.25, 0.3) is 0 Å². The van der Waals surface area contributed by atoms with Crippen LogP contribution in [0, 0.1) is 0 Å². The largest absolute Gasteiger partial charge is 0.381 e. The first-order valence-electron chi connectivity index (χ1n) is 6.72. The maximum absolute atomic E-state index is 11.8. The second kappa shape index (κ2) is 6.97. The molecule has 2 N–H and O–H groups in total. The lowest BCUT2D eigenvalue weighted by atomic mass is 9.92. The van der Waals surface area contributed by atoms with E-state index in [2.05, 4.69) is 31.4 Å². The molecule has 1 fully saturated rings. The Bertz CT molecular complexity index is 234. The minimum Gasteiger partial charge on any atom is -0.381 e. The molecule has 0 saturated carbocycles. The predicted molar refractivity (Wildman–Crippen MR) is 69.0 cm³/mol. The zero-order valence-corrected chi connectivity index (χ0v) is 11.3. The standard InChI is InChI=1S/C13H26N2O2/c1-4-11(5-2)15-12(16)10-14-13(3)6-8-17-9-7-13/h11,14H,4-10H2,1-3H3,(H,15,16). The van der Waals surface area contributed by atoms with Crippen molar-refractivity contribution in [2.45, 2.75) is 58.0 Å². The molecule has 0 spiro atoms. The molecule has 1 saturated heterocycles. The zero-order valence-electron chi connectivity index (χ0n) is 11.3. The first kappa shape index (κ1) is 14.5. The van der Waals surface area contributed by atoms with E-state index in [0.717, 1.165) is 38.9 Å². The molecular formula is C13H26N2O2. The molecule has 17 heavy (non-hydrogen) atoms. The molecule has 0 aromatic heterocycles. The van der Waals surface area contributed by atoms with Crippen LogP contribution in [-0.2, 0) is 9.53 Å². The Morgan fingerprint density at radius 2 is 1.88 bits per heavy atom. The van der Waals surface area contributed by atoms with Crippen molar-refractivity contribution in [1.82, 2.24) is 10.6 Å². The van der Waals surface area contributed by atoms with Crippen molar-refractivity contribution in [3.05, 3.63) is 0 Å². The van der Waals surface area contributed by atoms with Gasteiger partial charge >= 0.3 is 0 Å². The van der Waals surface area contributed by atoms with Crippen molar-refractivity contribution in [1.29, 1.82) is 0 Å². The van der Waals surface area contributed by atoms with Crippen LogP contribution in [0.5, 0.6) is 0 Å². The SMILES string of the molecule is CCC(CC)NC(=O)CNC1(C)CCOCC1. The Labute approximate surface area is 104 Å². The van der Waals surface area contributed by atoms with Gasteiger partial charge in [0.1, 0.15) is 0 Å². The van der Waals surface area contributed by atoms with E-state index in [0.29, 0.717) is 12.6 Å². The lowest BCUT2D eigenvalue weighted by molar-refractivity contribution is -0.121. The summed E-state index contributed by atoms with van der Waals surface area (Å²) in [6, 6.07) is 0.312. The third kappa shape index (κ3) is 5.04. The molecule has 4 heteroatoms. The van der Waals surface area contributed by atoms with Crippen LogP contribution in [0.25, 0.3) is 0 Å². The summed E-state index contributed by atoms with van der Waals surface area (Å²) in [6.45, 7) is 8.35. The minimum absolute atomic E-state index is 0.0590. The summed E-state index contributed by atoms with van der Waals surface area (Å²) in [5.74, 6) is 0.103. The van der Waals surface area contributed by atoms with E-state index < -0.39 is 0 Å². The fraction of sp³-hybridized carbons (Fsp3) is 0.923. The maximum atomic E-state index is 11.8. The quantitative estimate of drug-likeness (QED) is 0.741. The molecule has 1 aliphatic rings. The topological polar surface area (TPSA) is 50.4 Å². The fourth-order valence-electron chi connectivity index (χ4n) is 2.06. The number of ether oxygens (including phenoxy) is 1. The highest BCUT2D eigenvalue weighted by atomic mass is 16.5. The van der Waals surface area contributed by atoms with Crippen LogP contribution < -0.4 is 10.6 Å². The average Bonchev–Trinajstić information content (AvgIpc) is 2.34. The van der Waals surface area contributed by atoms with Crippen molar-refractivity contribution in [3.8, 4) is 0 Å². The van der Waals surface area contributed by atoms with Crippen LogP contribution in [0.2, 0.25) is 0 Å². The molecule has 0 unspecified atom stereocenters. The van der Waals surface area contributed by atoms with E-state index in [1.54, 1.807) is 0 Å². The number of carbonyl (C=O) groups excluding carboxylic acids is 1. The van der Waals surface area contributed by atoms with E-state index in [1.165, 1.54) is 0 Å². The molecule has 100 valence electrons. The fourth-order valence-corrected chi connectivity index (χ4v) is 2.06. The van der Waals surface area contributed by atoms with Crippen LogP contribution in [-0.4, -0.2) is 37.2 Å². The van der Waals surface area contributed by atoms with Gasteiger partial charge in [-0.15, -0.1) is 0 Å². The molecule has 0 radical (unpaired) electrons. The molecule has 4 nitrogen and oxygen atoms in total. The maximum Gasteiger partial charge on any atom is 0.234 e. The Kier molecular flexibility index (Phi) is 5.92. The Hall–Kier alpha value is -0.610. The number of carbonyl (C=O) groups is 1. The van der Waals surface area contributed by atoms with Gasteiger partial charge in [0.2, 0.25) is 5.91 Å². The van der Waals surface area contributed by atoms with E-state index in [1.807, 2.05) is 0 Å². The van der Waals surface area contributed by atoms with E-state index in [9.17, 15) is 4.79 Å². The van der Waals surface area contributed by atoms with E-state index in [-0.39, 0.29) is 11.4 Å². The Morgan fingerprint density at radius 1 is 1.29 bits per heavy atom. The van der Waals surface area contributed by atoms with Crippen molar-refractivity contribution in [2.24, 2.45) is 0 Å². The Balaban J connectivity index is 2.27. The van der Waals surface area contributed by atoms with Gasteiger partial charge in [0.05, 0.1) is 6.54 Å². The summed E-state index contributed by atoms with van der Waals surface area (Å²) in [6.07, 6.45) is 3.94. The van der Waals surface area contributed by atoms with Crippen LogP contribution in [0.3, 0.4) is 0 Å². The van der Waals surface area contributed by atoms with Crippen LogP contribution in [0.1, 0.15) is 46.5 Å². The first-order valence-corrected chi connectivity index (χ1v) is 6.72. The van der Waals surface area contributed by atoms with Gasteiger partial charge in [-0.05, 0) is 32.6 Å². The minimum atomic E-state index is 0.0590. The molecular weight excluding hydrogens is 216 g/mol. The summed E-state index contributed by atoms with van der Waals surface area (Å²) in [4.78, 5) is 11.8. The number of hydrogen-bond donors (Lipinski definition) is 2. The third-order valence-electron chi connectivity index (χ3n) is 3.62. The van der Waals surface area contributed by atoms with Crippen LogP contribution >= 0.6 is 0 Å². The van der Waals surface area contributed by atoms with Crippen molar-refractivity contribution < 1.29 is 9.53 Å². The second-order valence-corrected chi connectivity index (χ2v) is 5.11. The highest BCUT2D eigenvalue weighted by Crippen LogP contribution is 2.19. The number of nitrogens with one attached hydrogen (secondary N) is 2. The monoisotopic (exact) mass is 242 g/mol. The molecule has 0 aromatic rings. The highest BCUT2D eigenvalue weighted by molar-refractivity contribution is 5.78. The van der Waals surface area contributed by atoms with Gasteiger partial charge in [-0.1, -0.05) is 13.8 Å². The summed E-state index contributed by atoms with van der Waals surface area (Å²) >= 11 is 0. The van der Waals surface area contributed by atoms with Crippen LogP contribution in [0.4, 0.5) is 0 Å². The normalized spacial score (nSPS) is 19.3. The second-order valence-electron chi connectivity index (χ2n) is 5.11. The first-order chi connectivity index (χ1) is 8.09. The molecule has 1 rings (SSSR count). The summed E-state index contributed by atoms with van der Waals surface area (Å²) in [5, 5.41) is 6.40. The molecule has 0 bridgehead atoms. The third-order valence-corrected chi connectivity index (χ3v) is 3.62. The van der Waals surface area contributed by atoms with Crippen molar-refractivity contribution >= 4 is 5.91 Å². The van der Waals surface area contributed by atoms with Gasteiger partial charge in [-0.3, -0.25) is 4.79 Å². The number of amides is 1. The summed E-state index contributed by atoms with van der Waals surface area (Å²) < 4.78 is 5.33. The highest BCUT2D eigenvalue weighted by Gasteiger charge is 2.27. The number of rotatable bonds is 6. The molecule has 0 aromatic carbocycles. The summed E-state index contributed by atoms with van der Waals surface area (Å²) in [5.41, 5.74) is 0.0590. The van der Waals surface area contributed by atoms with Crippen molar-refractivity contribution in [3.63, 3.8) is 0 Å². The van der Waals surface area contributed by atoms with Crippen molar-refractivity contribution in [2.75, 3.05) is 19.8 Å². The zero-order chi connectivity index (χ0) is 12.7. The molecule has 1 amide bonds. The molecule has 0 aliphatic carbocycles. The van der Waals surface area contributed by atoms with Gasteiger partial charge in [-0.2, -0.15) is 0 Å². The Morgan fingerprint density at radius 3 is 2.41 bits per heavy atom. The molecule has 1 heterocycles. The molecule has 1 aliphatic heterocycles. The lowest BCUT2D eigenvalue weighted by Crippen LogP contribution is -2.51. The predicted octanol–water partition coefficient (Wildman–Crippen LogP) is 1.45.